The highest BCUT2D eigenvalue weighted by atomic mass is 16.5. The molecule has 0 spiro atoms. The Labute approximate surface area is 84.6 Å². The molecule has 0 aromatic carbocycles. The summed E-state index contributed by atoms with van der Waals surface area (Å²) in [6, 6.07) is 0. The van der Waals surface area contributed by atoms with Crippen molar-refractivity contribution < 1.29 is 19.1 Å². The fourth-order valence-corrected chi connectivity index (χ4v) is 0.875. The van der Waals surface area contributed by atoms with Gasteiger partial charge in [0.25, 0.3) is 0 Å². The van der Waals surface area contributed by atoms with E-state index in [1.54, 1.807) is 6.92 Å². The molecule has 0 saturated heterocycles. The topological polar surface area (TPSA) is 52.6 Å². The van der Waals surface area contributed by atoms with Crippen LogP contribution in [0.5, 0.6) is 0 Å². The lowest BCUT2D eigenvalue weighted by Gasteiger charge is -2.03. The van der Waals surface area contributed by atoms with Crippen LogP contribution in [-0.4, -0.2) is 25.2 Å². The van der Waals surface area contributed by atoms with Gasteiger partial charge in [-0.1, -0.05) is 13.3 Å². The maximum Gasteiger partial charge on any atom is 0.309 e. The lowest BCUT2D eigenvalue weighted by molar-refractivity contribution is -0.149. The molecule has 4 heteroatoms. The largest absolute Gasteiger partial charge is 0.466 e. The minimum atomic E-state index is -0.323. The van der Waals surface area contributed by atoms with Crippen molar-refractivity contribution in [3.8, 4) is 0 Å². The normalized spacial score (nSPS) is 9.57. The van der Waals surface area contributed by atoms with Crippen LogP contribution >= 0.6 is 0 Å². The number of rotatable bonds is 7. The summed E-state index contributed by atoms with van der Waals surface area (Å²) in [5.74, 6) is -0.563. The predicted octanol–water partition coefficient (Wildman–Crippen LogP) is 1.67. The predicted molar refractivity (Wildman–Crippen MR) is 51.7 cm³/mol. The molecule has 0 amide bonds. The average molecular weight is 202 g/mol. The molecule has 0 aromatic rings. The monoisotopic (exact) mass is 202 g/mol. The molecule has 0 heterocycles. The summed E-state index contributed by atoms with van der Waals surface area (Å²) in [7, 11) is 0. The van der Waals surface area contributed by atoms with Gasteiger partial charge < -0.3 is 9.47 Å². The van der Waals surface area contributed by atoms with Crippen LogP contribution in [0.1, 0.15) is 39.5 Å². The number of carbonyl (C=O) groups is 2. The molecular weight excluding hydrogens is 184 g/mol. The van der Waals surface area contributed by atoms with Crippen molar-refractivity contribution in [3.63, 3.8) is 0 Å². The Hall–Kier alpha value is -1.06. The first kappa shape index (κ1) is 12.9. The van der Waals surface area contributed by atoms with E-state index >= 15 is 0 Å². The third-order valence-electron chi connectivity index (χ3n) is 1.61. The second kappa shape index (κ2) is 8.53. The van der Waals surface area contributed by atoms with Crippen molar-refractivity contribution in [2.45, 2.75) is 39.5 Å². The molecule has 0 aliphatic heterocycles. The van der Waals surface area contributed by atoms with Crippen LogP contribution in [-0.2, 0) is 19.1 Å². The Bertz CT molecular complexity index is 177. The van der Waals surface area contributed by atoms with Gasteiger partial charge in [0.1, 0.15) is 6.61 Å². The van der Waals surface area contributed by atoms with E-state index in [9.17, 15) is 9.59 Å². The molecule has 0 N–H and O–H groups in total. The van der Waals surface area contributed by atoms with Crippen molar-refractivity contribution >= 4 is 11.9 Å². The average Bonchev–Trinajstić information content (AvgIpc) is 2.15. The summed E-state index contributed by atoms with van der Waals surface area (Å²) in [6.45, 7) is 4.24. The third kappa shape index (κ3) is 7.58. The van der Waals surface area contributed by atoms with Crippen molar-refractivity contribution in [1.29, 1.82) is 0 Å². The Morgan fingerprint density at radius 3 is 2.21 bits per heavy atom. The van der Waals surface area contributed by atoms with E-state index < -0.39 is 0 Å². The van der Waals surface area contributed by atoms with Crippen LogP contribution in [0.2, 0.25) is 0 Å². The smallest absolute Gasteiger partial charge is 0.309 e. The molecule has 14 heavy (non-hydrogen) atoms. The lowest BCUT2D eigenvalue weighted by Crippen LogP contribution is -2.11. The Morgan fingerprint density at radius 1 is 1.00 bits per heavy atom. The number of unbranched alkanes of at least 4 members (excludes halogenated alkanes) is 1. The molecule has 0 rings (SSSR count). The van der Waals surface area contributed by atoms with Crippen LogP contribution in [0, 0.1) is 0 Å². The zero-order valence-electron chi connectivity index (χ0n) is 8.88. The van der Waals surface area contributed by atoms with E-state index in [0.717, 1.165) is 12.8 Å². The molecule has 0 aromatic heterocycles. The van der Waals surface area contributed by atoms with Gasteiger partial charge in [0, 0.05) is 6.42 Å². The van der Waals surface area contributed by atoms with Crippen LogP contribution < -0.4 is 0 Å². The van der Waals surface area contributed by atoms with Crippen molar-refractivity contribution in [3.05, 3.63) is 0 Å². The van der Waals surface area contributed by atoms with Crippen LogP contribution in [0.3, 0.4) is 0 Å². The maximum atomic E-state index is 11.0. The fourth-order valence-electron chi connectivity index (χ4n) is 0.875. The van der Waals surface area contributed by atoms with Gasteiger partial charge in [0.15, 0.2) is 0 Å². The summed E-state index contributed by atoms with van der Waals surface area (Å²) in [4.78, 5) is 21.8. The van der Waals surface area contributed by atoms with Crippen LogP contribution in [0.15, 0.2) is 0 Å². The molecule has 0 aliphatic rings. The first-order valence-electron chi connectivity index (χ1n) is 5.02. The SMILES string of the molecule is CCCCC(=O)OCCC(=O)OCC. The molecule has 4 nitrogen and oxygen atoms in total. The zero-order valence-corrected chi connectivity index (χ0v) is 8.88. The highest BCUT2D eigenvalue weighted by molar-refractivity contribution is 5.71. The number of hydrogen-bond acceptors (Lipinski definition) is 4. The third-order valence-corrected chi connectivity index (χ3v) is 1.61. The summed E-state index contributed by atoms with van der Waals surface area (Å²) in [6.07, 6.45) is 2.37. The fraction of sp³-hybridized carbons (Fsp3) is 0.800. The second-order valence-corrected chi connectivity index (χ2v) is 2.88. The molecule has 0 unspecified atom stereocenters. The minimum absolute atomic E-state index is 0.126. The highest BCUT2D eigenvalue weighted by Gasteiger charge is 2.05. The van der Waals surface area contributed by atoms with Crippen LogP contribution in [0.4, 0.5) is 0 Å². The quantitative estimate of drug-likeness (QED) is 0.589. The molecule has 82 valence electrons. The van der Waals surface area contributed by atoms with Gasteiger partial charge in [-0.15, -0.1) is 0 Å². The number of ether oxygens (including phenoxy) is 2. The van der Waals surface area contributed by atoms with Crippen LogP contribution in [0.25, 0.3) is 0 Å². The summed E-state index contributed by atoms with van der Waals surface area (Å²) < 4.78 is 9.50. The van der Waals surface area contributed by atoms with E-state index in [-0.39, 0.29) is 25.0 Å². The highest BCUT2D eigenvalue weighted by Crippen LogP contribution is 1.97. The molecule has 0 bridgehead atoms. The van der Waals surface area contributed by atoms with E-state index in [1.165, 1.54) is 0 Å². The zero-order chi connectivity index (χ0) is 10.8. The Morgan fingerprint density at radius 2 is 1.64 bits per heavy atom. The molecule has 0 saturated carbocycles. The second-order valence-electron chi connectivity index (χ2n) is 2.88. The van der Waals surface area contributed by atoms with E-state index in [1.807, 2.05) is 6.92 Å². The maximum absolute atomic E-state index is 11.0. The Kier molecular flexibility index (Phi) is 7.89. The molecule has 0 aliphatic carbocycles. The first-order chi connectivity index (χ1) is 6.70. The summed E-state index contributed by atoms with van der Waals surface area (Å²) >= 11 is 0. The Balaban J connectivity index is 3.34. The molecule has 0 radical (unpaired) electrons. The summed E-state index contributed by atoms with van der Waals surface area (Å²) in [5.41, 5.74) is 0. The van der Waals surface area contributed by atoms with E-state index in [0.29, 0.717) is 13.0 Å². The van der Waals surface area contributed by atoms with Gasteiger partial charge in [0.05, 0.1) is 13.0 Å². The number of esters is 2. The molecule has 0 atom stereocenters. The lowest BCUT2D eigenvalue weighted by atomic mass is 10.2. The first-order valence-corrected chi connectivity index (χ1v) is 5.02. The van der Waals surface area contributed by atoms with E-state index in [4.69, 9.17) is 4.74 Å². The van der Waals surface area contributed by atoms with Gasteiger partial charge in [-0.05, 0) is 13.3 Å². The summed E-state index contributed by atoms with van der Waals surface area (Å²) in [5, 5.41) is 0. The van der Waals surface area contributed by atoms with E-state index in [2.05, 4.69) is 4.74 Å². The van der Waals surface area contributed by atoms with Gasteiger partial charge in [-0.2, -0.15) is 0 Å². The van der Waals surface area contributed by atoms with Gasteiger partial charge in [-0.3, -0.25) is 9.59 Å². The van der Waals surface area contributed by atoms with Crippen molar-refractivity contribution in [2.75, 3.05) is 13.2 Å². The van der Waals surface area contributed by atoms with Gasteiger partial charge in [-0.25, -0.2) is 0 Å². The van der Waals surface area contributed by atoms with Gasteiger partial charge >= 0.3 is 11.9 Å². The molecule has 0 fully saturated rings. The standard InChI is InChI=1S/C10H18O4/c1-3-5-6-9(11)14-8-7-10(12)13-4-2/h3-8H2,1-2H3. The van der Waals surface area contributed by atoms with Crippen molar-refractivity contribution in [2.24, 2.45) is 0 Å². The number of hydrogen-bond donors (Lipinski definition) is 0. The number of carbonyl (C=O) groups excluding carboxylic acids is 2. The van der Waals surface area contributed by atoms with Crippen molar-refractivity contribution in [1.82, 2.24) is 0 Å². The minimum Gasteiger partial charge on any atom is -0.466 e. The van der Waals surface area contributed by atoms with Gasteiger partial charge in [0.2, 0.25) is 0 Å². The molecular formula is C10H18O4.